The molecular formula is C23H25N3O3S2. The van der Waals surface area contributed by atoms with Crippen molar-refractivity contribution in [2.75, 3.05) is 30.1 Å². The van der Waals surface area contributed by atoms with E-state index in [-0.39, 0.29) is 23.3 Å². The molecule has 2 aromatic carbocycles. The minimum atomic E-state index is -0.224. The van der Waals surface area contributed by atoms with Gasteiger partial charge >= 0.3 is 0 Å². The maximum absolute atomic E-state index is 12.7. The Hall–Kier alpha value is -2.58. The van der Waals surface area contributed by atoms with Gasteiger partial charge in [-0.05, 0) is 49.6 Å². The zero-order chi connectivity index (χ0) is 21.8. The van der Waals surface area contributed by atoms with Crippen molar-refractivity contribution < 1.29 is 14.3 Å². The van der Waals surface area contributed by atoms with E-state index in [9.17, 15) is 9.59 Å². The van der Waals surface area contributed by atoms with Gasteiger partial charge in [0.2, 0.25) is 5.91 Å². The van der Waals surface area contributed by atoms with Gasteiger partial charge in [0.05, 0.1) is 28.8 Å². The van der Waals surface area contributed by atoms with Crippen LogP contribution in [0.2, 0.25) is 0 Å². The van der Waals surface area contributed by atoms with E-state index in [0.717, 1.165) is 47.6 Å². The number of ether oxygens (including phenoxy) is 1. The second-order valence-corrected chi connectivity index (χ2v) is 9.23. The van der Waals surface area contributed by atoms with Crippen LogP contribution in [0, 0.1) is 0 Å². The van der Waals surface area contributed by atoms with Crippen molar-refractivity contribution in [3.8, 4) is 5.75 Å². The number of anilines is 1. The molecule has 0 saturated heterocycles. The predicted molar refractivity (Wildman–Crippen MR) is 127 cm³/mol. The zero-order valence-corrected chi connectivity index (χ0v) is 19.3. The number of aromatic nitrogens is 1. The number of fused-ring (bicyclic) bond motifs is 2. The lowest BCUT2D eigenvalue weighted by molar-refractivity contribution is -0.116. The third-order valence-electron chi connectivity index (χ3n) is 5.29. The molecule has 0 spiro atoms. The molecule has 0 radical (unpaired) electrons. The van der Waals surface area contributed by atoms with E-state index in [1.54, 1.807) is 7.11 Å². The van der Waals surface area contributed by atoms with Crippen LogP contribution in [0.3, 0.4) is 0 Å². The Labute approximate surface area is 189 Å². The monoisotopic (exact) mass is 455 g/mol. The number of thioether (sulfide) groups is 1. The van der Waals surface area contributed by atoms with Crippen LogP contribution in [0.1, 0.15) is 18.9 Å². The molecule has 8 heteroatoms. The van der Waals surface area contributed by atoms with Crippen molar-refractivity contribution in [3.05, 3.63) is 52.8 Å². The summed E-state index contributed by atoms with van der Waals surface area (Å²) in [6.45, 7) is 3.48. The molecule has 162 valence electrons. The number of amides is 2. The molecule has 2 amide bonds. The minimum absolute atomic E-state index is 0.0440. The van der Waals surface area contributed by atoms with E-state index in [1.807, 2.05) is 52.8 Å². The molecule has 2 heterocycles. The van der Waals surface area contributed by atoms with Gasteiger partial charge in [-0.3, -0.25) is 9.59 Å². The summed E-state index contributed by atoms with van der Waals surface area (Å²) in [6.07, 6.45) is 1.97. The average Bonchev–Trinajstić information content (AvgIpc) is 3.14. The van der Waals surface area contributed by atoms with Crippen molar-refractivity contribution >= 4 is 50.8 Å². The fourth-order valence-electron chi connectivity index (χ4n) is 3.81. The lowest BCUT2D eigenvalue weighted by Gasteiger charge is -2.29. The normalized spacial score (nSPS) is 14.0. The lowest BCUT2D eigenvalue weighted by Crippen LogP contribution is -2.36. The van der Waals surface area contributed by atoms with Gasteiger partial charge in [0.25, 0.3) is 5.91 Å². The second kappa shape index (κ2) is 9.70. The Morgan fingerprint density at radius 3 is 2.84 bits per heavy atom. The fraction of sp³-hybridized carbons (Fsp3) is 0.348. The third kappa shape index (κ3) is 4.70. The quantitative estimate of drug-likeness (QED) is 0.566. The first kappa shape index (κ1) is 21.6. The van der Waals surface area contributed by atoms with Gasteiger partial charge in [0, 0.05) is 18.8 Å². The molecule has 0 atom stereocenters. The van der Waals surface area contributed by atoms with Crippen LogP contribution < -0.4 is 14.4 Å². The topological polar surface area (TPSA) is 63.9 Å². The maximum atomic E-state index is 12.7. The molecule has 0 bridgehead atoms. The number of methoxy groups -OCH3 is 1. The van der Waals surface area contributed by atoms with Gasteiger partial charge in [0.15, 0.2) is 4.80 Å². The van der Waals surface area contributed by atoms with E-state index in [0.29, 0.717) is 4.80 Å². The molecular weight excluding hydrogens is 430 g/mol. The van der Waals surface area contributed by atoms with E-state index in [1.165, 1.54) is 28.7 Å². The van der Waals surface area contributed by atoms with Crippen LogP contribution in [0.25, 0.3) is 10.2 Å². The Kier molecular flexibility index (Phi) is 6.77. The van der Waals surface area contributed by atoms with Crippen LogP contribution in [0.15, 0.2) is 47.5 Å². The summed E-state index contributed by atoms with van der Waals surface area (Å²) in [5.41, 5.74) is 3.25. The number of carbonyl (C=O) groups excluding carboxylic acids is 2. The summed E-state index contributed by atoms with van der Waals surface area (Å²) in [5, 5.41) is 0. The molecule has 0 unspecified atom stereocenters. The van der Waals surface area contributed by atoms with Crippen molar-refractivity contribution in [1.29, 1.82) is 0 Å². The largest absolute Gasteiger partial charge is 0.497 e. The van der Waals surface area contributed by atoms with Crippen molar-refractivity contribution in [2.24, 2.45) is 4.99 Å². The molecule has 31 heavy (non-hydrogen) atoms. The number of hydrogen-bond acceptors (Lipinski definition) is 5. The Morgan fingerprint density at radius 1 is 1.19 bits per heavy atom. The van der Waals surface area contributed by atoms with E-state index in [4.69, 9.17) is 4.74 Å². The minimum Gasteiger partial charge on any atom is -0.497 e. The highest BCUT2D eigenvalue weighted by atomic mass is 32.2. The number of hydrogen-bond donors (Lipinski definition) is 0. The summed E-state index contributed by atoms with van der Waals surface area (Å²) in [6, 6.07) is 13.9. The molecule has 0 saturated carbocycles. The summed E-state index contributed by atoms with van der Waals surface area (Å²) in [7, 11) is 1.64. The number of rotatable bonds is 6. The Morgan fingerprint density at radius 2 is 2.03 bits per heavy atom. The highest BCUT2D eigenvalue weighted by Crippen LogP contribution is 2.27. The van der Waals surface area contributed by atoms with Crippen molar-refractivity contribution in [1.82, 2.24) is 4.57 Å². The summed E-state index contributed by atoms with van der Waals surface area (Å²) >= 11 is 2.80. The first-order chi connectivity index (χ1) is 15.1. The number of benzene rings is 2. The smallest absolute Gasteiger partial charge is 0.258 e. The number of aryl methyl sites for hydroxylation is 2. The first-order valence-electron chi connectivity index (χ1n) is 10.3. The highest BCUT2D eigenvalue weighted by molar-refractivity contribution is 8.00. The number of thiazole rings is 1. The van der Waals surface area contributed by atoms with E-state index in [2.05, 4.69) is 11.1 Å². The molecule has 1 aliphatic rings. The lowest BCUT2D eigenvalue weighted by atomic mass is 10.0. The van der Waals surface area contributed by atoms with Gasteiger partial charge < -0.3 is 14.2 Å². The van der Waals surface area contributed by atoms with Crippen LogP contribution in [-0.2, 0) is 22.6 Å². The van der Waals surface area contributed by atoms with Crippen LogP contribution in [-0.4, -0.2) is 41.5 Å². The molecule has 3 aromatic rings. The van der Waals surface area contributed by atoms with Crippen LogP contribution in [0.4, 0.5) is 5.69 Å². The van der Waals surface area contributed by atoms with Crippen LogP contribution in [0.5, 0.6) is 5.75 Å². The van der Waals surface area contributed by atoms with Crippen molar-refractivity contribution in [2.45, 2.75) is 26.3 Å². The molecule has 1 aromatic heterocycles. The number of nitrogens with zero attached hydrogens (tertiary/aromatic N) is 3. The van der Waals surface area contributed by atoms with Crippen molar-refractivity contribution in [3.63, 3.8) is 0 Å². The van der Waals surface area contributed by atoms with Gasteiger partial charge in [-0.15, -0.1) is 11.8 Å². The molecule has 0 N–H and O–H groups in total. The van der Waals surface area contributed by atoms with E-state index >= 15 is 0 Å². The molecule has 6 nitrogen and oxygen atoms in total. The Bertz CT molecular complexity index is 1180. The summed E-state index contributed by atoms with van der Waals surface area (Å²) < 4.78 is 8.35. The van der Waals surface area contributed by atoms with Gasteiger partial charge in [0.1, 0.15) is 5.75 Å². The maximum Gasteiger partial charge on any atom is 0.258 e. The third-order valence-corrected chi connectivity index (χ3v) is 7.23. The SMILES string of the molecule is CCn1c(=NC(=O)CSCC(=O)N2CCCc3ccccc32)sc2cc(OC)ccc21. The average molecular weight is 456 g/mol. The predicted octanol–water partition coefficient (Wildman–Crippen LogP) is 3.87. The standard InChI is InChI=1S/C23H25N3O3S2/c1-3-25-19-11-10-17(29-2)13-20(19)31-23(25)24-21(27)14-30-15-22(28)26-12-6-8-16-7-4-5-9-18(16)26/h4-5,7,9-11,13H,3,6,8,12,14-15H2,1-2H3. The van der Waals surface area contributed by atoms with Crippen LogP contribution >= 0.6 is 23.1 Å². The Balaban J connectivity index is 1.42. The van der Waals surface area contributed by atoms with Gasteiger partial charge in [-0.2, -0.15) is 4.99 Å². The van der Waals surface area contributed by atoms with Gasteiger partial charge in [-0.1, -0.05) is 29.5 Å². The number of para-hydroxylation sites is 1. The molecule has 4 rings (SSSR count). The molecule has 1 aliphatic heterocycles. The highest BCUT2D eigenvalue weighted by Gasteiger charge is 2.22. The fourth-order valence-corrected chi connectivity index (χ4v) is 5.62. The zero-order valence-electron chi connectivity index (χ0n) is 17.7. The first-order valence-corrected chi connectivity index (χ1v) is 12.3. The molecule has 0 aliphatic carbocycles. The summed E-state index contributed by atoms with van der Waals surface area (Å²) in [4.78, 5) is 32.1. The van der Waals surface area contributed by atoms with Gasteiger partial charge in [-0.25, -0.2) is 0 Å². The second-order valence-electron chi connectivity index (χ2n) is 7.24. The summed E-state index contributed by atoms with van der Waals surface area (Å²) in [5.74, 6) is 1.05. The van der Waals surface area contributed by atoms with E-state index < -0.39 is 0 Å². The molecule has 0 fully saturated rings. The number of carbonyl (C=O) groups is 2.